The van der Waals surface area contributed by atoms with Crippen LogP contribution in [0.3, 0.4) is 0 Å². The van der Waals surface area contributed by atoms with E-state index in [9.17, 15) is 19.4 Å². The Morgan fingerprint density at radius 2 is 1.07 bits per heavy atom. The number of carbonyl (C=O) groups excluding carboxylic acids is 1. The number of likely N-dealkylation sites (N-methyl/N-ethyl adjacent to an activating group) is 1. The van der Waals surface area contributed by atoms with Gasteiger partial charge < -0.3 is 19.8 Å². The fraction of sp³-hybridized carbons (Fsp3) is 0.848. The lowest BCUT2D eigenvalue weighted by molar-refractivity contribution is -0.870. The van der Waals surface area contributed by atoms with Gasteiger partial charge in [-0.05, 0) is 44.9 Å². The van der Waals surface area contributed by atoms with E-state index in [1.165, 1.54) is 109 Å². The van der Waals surface area contributed by atoms with Gasteiger partial charge in [0, 0.05) is 6.42 Å². The average molecular weight is 798 g/mol. The molecule has 3 N–H and O–H groups in total. The van der Waals surface area contributed by atoms with Crippen molar-refractivity contribution in [2.24, 2.45) is 0 Å². The second-order valence-corrected chi connectivity index (χ2v) is 18.2. The first kappa shape index (κ1) is 53.7. The van der Waals surface area contributed by atoms with Crippen LogP contribution in [-0.2, 0) is 18.4 Å². The minimum Gasteiger partial charge on any atom is -0.387 e. The minimum atomic E-state index is -4.34. The summed E-state index contributed by atoms with van der Waals surface area (Å²) in [6.45, 7) is 4.74. The van der Waals surface area contributed by atoms with Gasteiger partial charge in [0.2, 0.25) is 5.91 Å². The predicted octanol–water partition coefficient (Wildman–Crippen LogP) is 12.7. The van der Waals surface area contributed by atoms with E-state index < -0.39 is 20.0 Å². The van der Waals surface area contributed by atoms with E-state index in [0.717, 1.165) is 70.6 Å². The molecule has 0 fully saturated rings. The molecule has 3 unspecified atom stereocenters. The van der Waals surface area contributed by atoms with Crippen LogP contribution in [-0.4, -0.2) is 73.4 Å². The first-order valence-corrected chi connectivity index (χ1v) is 24.4. The Labute approximate surface area is 340 Å². The van der Waals surface area contributed by atoms with E-state index >= 15 is 0 Å². The van der Waals surface area contributed by atoms with Crippen LogP contribution in [0.1, 0.15) is 200 Å². The molecule has 0 aromatic carbocycles. The number of hydrogen-bond acceptors (Lipinski definition) is 5. The highest BCUT2D eigenvalue weighted by atomic mass is 31.2. The Morgan fingerprint density at radius 1 is 0.618 bits per heavy atom. The van der Waals surface area contributed by atoms with Gasteiger partial charge in [0.25, 0.3) is 0 Å². The van der Waals surface area contributed by atoms with Gasteiger partial charge in [0.15, 0.2) is 0 Å². The van der Waals surface area contributed by atoms with E-state index in [2.05, 4.69) is 43.5 Å². The zero-order chi connectivity index (χ0) is 40.7. The molecule has 8 nitrogen and oxygen atoms in total. The van der Waals surface area contributed by atoms with E-state index in [-0.39, 0.29) is 19.1 Å². The molecule has 0 bridgehead atoms. The topological polar surface area (TPSA) is 105 Å². The van der Waals surface area contributed by atoms with Crippen molar-refractivity contribution in [2.75, 3.05) is 40.9 Å². The number of nitrogens with zero attached hydrogens (tertiary/aromatic N) is 1. The molecule has 0 aliphatic carbocycles. The first-order valence-electron chi connectivity index (χ1n) is 22.9. The minimum absolute atomic E-state index is 0.0584. The molecule has 0 aliphatic rings. The van der Waals surface area contributed by atoms with E-state index in [0.29, 0.717) is 17.4 Å². The fourth-order valence-electron chi connectivity index (χ4n) is 6.43. The number of nitrogens with one attached hydrogen (secondary N) is 1. The lowest BCUT2D eigenvalue weighted by Crippen LogP contribution is -2.45. The maximum Gasteiger partial charge on any atom is 0.472 e. The summed E-state index contributed by atoms with van der Waals surface area (Å²) in [6.07, 6.45) is 46.4. The molecule has 0 spiro atoms. The lowest BCUT2D eigenvalue weighted by atomic mass is 10.0. The molecule has 3 atom stereocenters. The van der Waals surface area contributed by atoms with Crippen LogP contribution in [0.2, 0.25) is 0 Å². The molecule has 0 aromatic rings. The smallest absolute Gasteiger partial charge is 0.387 e. The monoisotopic (exact) mass is 798 g/mol. The Kier molecular flexibility index (Phi) is 37.4. The summed E-state index contributed by atoms with van der Waals surface area (Å²) in [7, 11) is 1.56. The van der Waals surface area contributed by atoms with Gasteiger partial charge in [0.05, 0.1) is 39.9 Å². The molecule has 9 heteroatoms. The summed E-state index contributed by atoms with van der Waals surface area (Å²) in [6, 6.07) is -0.852. The molecule has 0 rings (SSSR count). The second kappa shape index (κ2) is 38.2. The number of phosphoric ester groups is 1. The van der Waals surface area contributed by atoms with Crippen LogP contribution in [0, 0.1) is 0 Å². The molecular formula is C46H90N2O6P+. The van der Waals surface area contributed by atoms with Gasteiger partial charge >= 0.3 is 7.82 Å². The molecule has 1 amide bonds. The quantitative estimate of drug-likeness (QED) is 0.0246. The standard InChI is InChI=1S/C46H89N2O6P/c1-6-8-10-12-14-16-18-20-21-22-23-24-25-26-28-29-31-33-35-37-39-45(49)44(43-54-55(51,52)53-42-41-48(3,4)5)47-46(50)40-38-36-34-32-30-27-19-17-15-13-11-9-7-2/h11,13,17,19,37,39,44-45,49H,6-10,12,14-16,18,20-36,38,40-43H2,1-5H3,(H-,47,50,51,52)/p+1/b13-11-,19-17-,39-37+. The molecule has 0 heterocycles. The SMILES string of the molecule is CCC/C=C\C/C=C\CCCCCCCC(=O)NC(COP(=O)(O)OCC[N+](C)(C)C)C(O)/C=C/CCCCCCCCCCCCCCCCCCCC. The molecular weight excluding hydrogens is 707 g/mol. The molecule has 0 aliphatic heterocycles. The molecule has 0 saturated carbocycles. The third-order valence-corrected chi connectivity index (χ3v) is 11.1. The summed E-state index contributed by atoms with van der Waals surface area (Å²) < 4.78 is 23.5. The molecule has 324 valence electrons. The van der Waals surface area contributed by atoms with Crippen molar-refractivity contribution in [3.05, 3.63) is 36.5 Å². The lowest BCUT2D eigenvalue weighted by Gasteiger charge is -2.25. The molecule has 0 saturated heterocycles. The van der Waals surface area contributed by atoms with Crippen molar-refractivity contribution in [1.29, 1.82) is 0 Å². The predicted molar refractivity (Wildman–Crippen MR) is 235 cm³/mol. The highest BCUT2D eigenvalue weighted by Gasteiger charge is 2.27. The van der Waals surface area contributed by atoms with Crippen LogP contribution in [0.25, 0.3) is 0 Å². The number of amides is 1. The molecule has 0 radical (unpaired) electrons. The number of allylic oxidation sites excluding steroid dienone is 5. The maximum atomic E-state index is 12.8. The van der Waals surface area contributed by atoms with Gasteiger partial charge in [-0.15, -0.1) is 0 Å². The highest BCUT2D eigenvalue weighted by molar-refractivity contribution is 7.47. The van der Waals surface area contributed by atoms with Crippen LogP contribution in [0.5, 0.6) is 0 Å². The van der Waals surface area contributed by atoms with Crippen molar-refractivity contribution in [1.82, 2.24) is 5.32 Å². The number of unbranched alkanes of at least 4 members (excludes halogenated alkanes) is 24. The zero-order valence-corrected chi connectivity index (χ0v) is 37.6. The van der Waals surface area contributed by atoms with Crippen molar-refractivity contribution < 1.29 is 32.9 Å². The van der Waals surface area contributed by atoms with Crippen LogP contribution in [0.4, 0.5) is 0 Å². The Balaban J connectivity index is 4.38. The zero-order valence-electron chi connectivity index (χ0n) is 36.7. The van der Waals surface area contributed by atoms with Gasteiger partial charge in [-0.25, -0.2) is 4.57 Å². The second-order valence-electron chi connectivity index (χ2n) is 16.8. The normalized spacial score (nSPS) is 14.7. The van der Waals surface area contributed by atoms with Gasteiger partial charge in [0.1, 0.15) is 13.2 Å². The Hall–Kier alpha value is -1.28. The number of carbonyl (C=O) groups is 1. The number of rotatable bonds is 41. The van der Waals surface area contributed by atoms with Crippen molar-refractivity contribution >= 4 is 13.7 Å². The van der Waals surface area contributed by atoms with Crippen molar-refractivity contribution in [3.63, 3.8) is 0 Å². The van der Waals surface area contributed by atoms with E-state index in [1.54, 1.807) is 6.08 Å². The summed E-state index contributed by atoms with van der Waals surface area (Å²) in [4.78, 5) is 23.1. The van der Waals surface area contributed by atoms with Gasteiger partial charge in [-0.1, -0.05) is 185 Å². The average Bonchev–Trinajstić information content (AvgIpc) is 3.13. The number of phosphoric acid groups is 1. The fourth-order valence-corrected chi connectivity index (χ4v) is 7.17. The van der Waals surface area contributed by atoms with Gasteiger partial charge in [-0.3, -0.25) is 13.8 Å². The van der Waals surface area contributed by atoms with Crippen LogP contribution >= 0.6 is 7.82 Å². The van der Waals surface area contributed by atoms with E-state index in [4.69, 9.17) is 9.05 Å². The summed E-state index contributed by atoms with van der Waals surface area (Å²) in [5.41, 5.74) is 0. The number of aliphatic hydroxyl groups is 1. The Morgan fingerprint density at radius 3 is 1.56 bits per heavy atom. The summed E-state index contributed by atoms with van der Waals surface area (Å²) in [5, 5.41) is 13.8. The van der Waals surface area contributed by atoms with Crippen molar-refractivity contribution in [3.8, 4) is 0 Å². The molecule has 0 aromatic heterocycles. The van der Waals surface area contributed by atoms with Crippen LogP contribution < -0.4 is 5.32 Å². The van der Waals surface area contributed by atoms with Crippen molar-refractivity contribution in [2.45, 2.75) is 212 Å². The first-order chi connectivity index (χ1) is 26.5. The van der Waals surface area contributed by atoms with Gasteiger partial charge in [-0.2, -0.15) is 0 Å². The third kappa shape index (κ3) is 40.7. The molecule has 55 heavy (non-hydrogen) atoms. The van der Waals surface area contributed by atoms with E-state index in [1.807, 2.05) is 27.2 Å². The number of aliphatic hydroxyl groups excluding tert-OH is 1. The number of quaternary nitrogens is 1. The highest BCUT2D eigenvalue weighted by Crippen LogP contribution is 2.43. The summed E-state index contributed by atoms with van der Waals surface area (Å²) in [5.74, 6) is -0.192. The Bertz CT molecular complexity index is 995. The maximum absolute atomic E-state index is 12.8. The third-order valence-electron chi connectivity index (χ3n) is 10.1. The number of hydrogen-bond donors (Lipinski definition) is 3. The van der Waals surface area contributed by atoms with Crippen LogP contribution in [0.15, 0.2) is 36.5 Å². The summed E-state index contributed by atoms with van der Waals surface area (Å²) >= 11 is 0. The largest absolute Gasteiger partial charge is 0.472 e.